The van der Waals surface area contributed by atoms with Crippen molar-refractivity contribution in [2.75, 3.05) is 0 Å². The summed E-state index contributed by atoms with van der Waals surface area (Å²) in [6.07, 6.45) is -3.90. The van der Waals surface area contributed by atoms with Crippen LogP contribution in [-0.2, 0) is 14.3 Å². The number of carbonyl (C=O) groups is 2. The van der Waals surface area contributed by atoms with Crippen LogP contribution in [0.1, 0.15) is 60.8 Å². The van der Waals surface area contributed by atoms with Crippen molar-refractivity contribution in [1.29, 1.82) is 0 Å². The largest absolute Gasteiger partial charge is 0.462 e. The molecule has 1 fully saturated rings. The van der Waals surface area contributed by atoms with Crippen molar-refractivity contribution in [3.63, 3.8) is 0 Å². The lowest BCUT2D eigenvalue weighted by Gasteiger charge is -2.36. The van der Waals surface area contributed by atoms with Gasteiger partial charge in [0.25, 0.3) is 0 Å². The predicted octanol–water partition coefficient (Wildman–Crippen LogP) is 1.05. The Morgan fingerprint density at radius 1 is 1.07 bits per heavy atom. The molecule has 0 aromatic heterocycles. The molecule has 158 valence electrons. The minimum absolute atomic E-state index is 0.0127. The number of rotatable bonds is 1. The summed E-state index contributed by atoms with van der Waals surface area (Å²) in [5.74, 6) is -3.52. The van der Waals surface area contributed by atoms with Crippen molar-refractivity contribution < 1.29 is 34.8 Å². The van der Waals surface area contributed by atoms with Crippen LogP contribution in [0.25, 0.3) is 0 Å². The van der Waals surface area contributed by atoms with E-state index < -0.39 is 59.7 Å². The van der Waals surface area contributed by atoms with Crippen molar-refractivity contribution in [3.05, 3.63) is 0 Å². The van der Waals surface area contributed by atoms with E-state index in [1.165, 1.54) is 13.8 Å². The van der Waals surface area contributed by atoms with Gasteiger partial charge in [0.1, 0.15) is 11.9 Å². The van der Waals surface area contributed by atoms with Crippen LogP contribution in [0.15, 0.2) is 0 Å². The summed E-state index contributed by atoms with van der Waals surface area (Å²) >= 11 is 0. The van der Waals surface area contributed by atoms with E-state index in [0.29, 0.717) is 6.42 Å². The Labute approximate surface area is 161 Å². The molecule has 0 unspecified atom stereocenters. The van der Waals surface area contributed by atoms with Gasteiger partial charge < -0.3 is 25.2 Å². The van der Waals surface area contributed by atoms with Crippen LogP contribution in [0.2, 0.25) is 0 Å². The Balaban J connectivity index is 3.23. The maximum Gasteiger partial charge on any atom is 0.311 e. The topological polar surface area (TPSA) is 124 Å². The summed E-state index contributed by atoms with van der Waals surface area (Å²) in [4.78, 5) is 25.1. The lowest BCUT2D eigenvalue weighted by molar-refractivity contribution is -0.166. The average molecular weight is 389 g/mol. The molecule has 4 N–H and O–H groups in total. The van der Waals surface area contributed by atoms with Gasteiger partial charge >= 0.3 is 5.97 Å². The highest BCUT2D eigenvalue weighted by atomic mass is 16.5. The molecule has 1 rings (SSSR count). The molecular weight excluding hydrogens is 352 g/mol. The fourth-order valence-electron chi connectivity index (χ4n) is 3.81. The lowest BCUT2D eigenvalue weighted by Crippen LogP contribution is -2.47. The first kappa shape index (κ1) is 24.0. The van der Waals surface area contributed by atoms with Crippen LogP contribution >= 0.6 is 0 Å². The van der Waals surface area contributed by atoms with E-state index in [0.717, 1.165) is 0 Å². The van der Waals surface area contributed by atoms with Crippen LogP contribution in [-0.4, -0.2) is 62.2 Å². The zero-order chi connectivity index (χ0) is 21.1. The number of aliphatic hydroxyl groups excluding tert-OH is 3. The fourth-order valence-corrected chi connectivity index (χ4v) is 3.81. The van der Waals surface area contributed by atoms with Crippen LogP contribution in [0, 0.1) is 23.7 Å². The average Bonchev–Trinajstić information content (AvgIpc) is 2.61. The standard InChI is InChI=1S/C20H36O7/c1-7-15-12(4)18(24)13(5)17(23)10(2)9-20(6,26)16(22)8-14(21)11(3)19(25)27-15/h10-16,18,21-22,24,26H,7-9H2,1-6H3/t10-,11-,12+,13+,14+,15-,16-,18+,20-/m1/s1. The summed E-state index contributed by atoms with van der Waals surface area (Å²) in [5.41, 5.74) is -1.62. The van der Waals surface area contributed by atoms with Crippen LogP contribution < -0.4 is 0 Å². The molecule has 7 heteroatoms. The van der Waals surface area contributed by atoms with Crippen molar-refractivity contribution in [2.24, 2.45) is 23.7 Å². The zero-order valence-corrected chi connectivity index (χ0v) is 17.3. The molecule has 1 aliphatic heterocycles. The molecule has 0 saturated carbocycles. The molecular formula is C20H36O7. The second-order valence-electron chi connectivity index (χ2n) is 8.49. The maximum atomic E-state index is 12.7. The Morgan fingerprint density at radius 2 is 1.63 bits per heavy atom. The van der Waals surface area contributed by atoms with Gasteiger partial charge in [0, 0.05) is 24.2 Å². The number of aliphatic hydroxyl groups is 4. The molecule has 0 aromatic carbocycles. The third-order valence-corrected chi connectivity index (χ3v) is 6.09. The molecule has 1 heterocycles. The summed E-state index contributed by atoms with van der Waals surface area (Å²) in [6, 6.07) is 0. The van der Waals surface area contributed by atoms with Crippen LogP contribution in [0.4, 0.5) is 0 Å². The van der Waals surface area contributed by atoms with Crippen LogP contribution in [0.5, 0.6) is 0 Å². The third kappa shape index (κ3) is 5.73. The van der Waals surface area contributed by atoms with Crippen molar-refractivity contribution in [1.82, 2.24) is 0 Å². The number of carbonyl (C=O) groups excluding carboxylic acids is 2. The SMILES string of the molecule is CC[C@H]1OC(=O)[C@H](C)[C@@H](O)C[C@@H](O)[C@](C)(O)C[C@@H](C)C(=O)[C@H](C)[C@@H](O)[C@H]1C. The highest BCUT2D eigenvalue weighted by Crippen LogP contribution is 2.30. The molecule has 0 aromatic rings. The first-order chi connectivity index (χ1) is 12.3. The molecule has 0 radical (unpaired) electrons. The van der Waals surface area contributed by atoms with Gasteiger partial charge in [-0.2, -0.15) is 0 Å². The number of ketones is 1. The predicted molar refractivity (Wildman–Crippen MR) is 99.7 cm³/mol. The van der Waals surface area contributed by atoms with Crippen LogP contribution in [0.3, 0.4) is 0 Å². The van der Waals surface area contributed by atoms with E-state index in [-0.39, 0.29) is 18.6 Å². The van der Waals surface area contributed by atoms with Gasteiger partial charge in [-0.05, 0) is 26.7 Å². The number of esters is 1. The van der Waals surface area contributed by atoms with E-state index in [9.17, 15) is 30.0 Å². The molecule has 0 aliphatic carbocycles. The Morgan fingerprint density at radius 3 is 2.15 bits per heavy atom. The fraction of sp³-hybridized carbons (Fsp3) is 0.900. The summed E-state index contributed by atoms with van der Waals surface area (Å²) in [5, 5.41) is 41.9. The van der Waals surface area contributed by atoms with Gasteiger partial charge in [0.05, 0.1) is 29.8 Å². The van der Waals surface area contributed by atoms with E-state index in [1.807, 2.05) is 6.92 Å². The van der Waals surface area contributed by atoms with Crippen molar-refractivity contribution in [3.8, 4) is 0 Å². The number of hydrogen-bond donors (Lipinski definition) is 4. The summed E-state index contributed by atoms with van der Waals surface area (Å²) in [6.45, 7) is 9.73. The molecule has 7 nitrogen and oxygen atoms in total. The summed E-state index contributed by atoms with van der Waals surface area (Å²) < 4.78 is 5.49. The van der Waals surface area contributed by atoms with E-state index >= 15 is 0 Å². The second-order valence-corrected chi connectivity index (χ2v) is 8.49. The van der Waals surface area contributed by atoms with Crippen molar-refractivity contribution >= 4 is 11.8 Å². The third-order valence-electron chi connectivity index (χ3n) is 6.09. The first-order valence-electron chi connectivity index (χ1n) is 9.84. The van der Waals surface area contributed by atoms with E-state index in [2.05, 4.69) is 0 Å². The number of Topliss-reactive ketones (excluding diaryl/α,β-unsaturated/α-hetero) is 1. The number of cyclic esters (lactones) is 1. The molecule has 1 aliphatic rings. The second kappa shape index (κ2) is 9.45. The molecule has 0 bridgehead atoms. The highest BCUT2D eigenvalue weighted by Gasteiger charge is 2.41. The Kier molecular flexibility index (Phi) is 8.41. The Bertz CT molecular complexity index is 518. The van der Waals surface area contributed by atoms with E-state index in [4.69, 9.17) is 4.74 Å². The molecule has 0 amide bonds. The molecule has 27 heavy (non-hydrogen) atoms. The molecule has 1 saturated heterocycles. The summed E-state index contributed by atoms with van der Waals surface area (Å²) in [7, 11) is 0. The first-order valence-corrected chi connectivity index (χ1v) is 9.84. The van der Waals surface area contributed by atoms with Gasteiger partial charge in [-0.15, -0.1) is 0 Å². The molecule has 0 spiro atoms. The van der Waals surface area contributed by atoms with Crippen molar-refractivity contribution in [2.45, 2.75) is 90.8 Å². The van der Waals surface area contributed by atoms with E-state index in [1.54, 1.807) is 20.8 Å². The van der Waals surface area contributed by atoms with Gasteiger partial charge in [-0.1, -0.05) is 27.7 Å². The van der Waals surface area contributed by atoms with Gasteiger partial charge in [-0.3, -0.25) is 9.59 Å². The van der Waals surface area contributed by atoms with Gasteiger partial charge in [-0.25, -0.2) is 0 Å². The number of hydrogen-bond acceptors (Lipinski definition) is 7. The maximum absolute atomic E-state index is 12.7. The monoisotopic (exact) mass is 388 g/mol. The highest BCUT2D eigenvalue weighted by molar-refractivity contribution is 5.83. The van der Waals surface area contributed by atoms with Gasteiger partial charge in [0.2, 0.25) is 0 Å². The number of ether oxygens (including phenoxy) is 1. The quantitative estimate of drug-likeness (QED) is 0.495. The van der Waals surface area contributed by atoms with Gasteiger partial charge in [0.15, 0.2) is 0 Å². The zero-order valence-electron chi connectivity index (χ0n) is 17.3. The Hall–Kier alpha value is -1.02. The smallest absolute Gasteiger partial charge is 0.311 e. The normalized spacial score (nSPS) is 45.9. The lowest BCUT2D eigenvalue weighted by atomic mass is 9.77. The molecule has 9 atom stereocenters. The minimum atomic E-state index is -1.62. The minimum Gasteiger partial charge on any atom is -0.462 e.